The van der Waals surface area contributed by atoms with Crippen molar-refractivity contribution in [2.24, 2.45) is 5.92 Å². The van der Waals surface area contributed by atoms with Gasteiger partial charge < -0.3 is 15.0 Å². The number of pyridine rings is 1. The Morgan fingerprint density at radius 3 is 2.91 bits per heavy atom. The summed E-state index contributed by atoms with van der Waals surface area (Å²) in [5, 5.41) is 8.83. The third-order valence-corrected chi connectivity index (χ3v) is 7.94. The topological polar surface area (TPSA) is 84.6 Å². The second kappa shape index (κ2) is 8.07. The highest BCUT2D eigenvalue weighted by molar-refractivity contribution is 7.19. The van der Waals surface area contributed by atoms with Crippen molar-refractivity contribution in [1.82, 2.24) is 24.5 Å². The molecule has 1 saturated heterocycles. The summed E-state index contributed by atoms with van der Waals surface area (Å²) in [6.07, 6.45) is 7.82. The molecule has 8 nitrogen and oxygen atoms in total. The van der Waals surface area contributed by atoms with Crippen LogP contribution < -0.4 is 5.32 Å². The monoisotopic (exact) mass is 462 g/mol. The van der Waals surface area contributed by atoms with Crippen LogP contribution in [0.5, 0.6) is 0 Å². The molecular weight excluding hydrogens is 436 g/mol. The van der Waals surface area contributed by atoms with Crippen LogP contribution >= 0.6 is 11.3 Å². The number of hydrogen-bond acceptors (Lipinski definition) is 7. The minimum absolute atomic E-state index is 0.0159. The highest BCUT2D eigenvalue weighted by Crippen LogP contribution is 2.41. The molecule has 0 radical (unpaired) electrons. The van der Waals surface area contributed by atoms with E-state index < -0.39 is 0 Å². The fraction of sp³-hybridized carbons (Fsp3) is 0.417. The smallest absolute Gasteiger partial charge is 0.226 e. The van der Waals surface area contributed by atoms with Gasteiger partial charge in [-0.2, -0.15) is 5.10 Å². The Labute approximate surface area is 195 Å². The number of carbonyl (C=O) groups excluding carboxylic acids is 1. The third kappa shape index (κ3) is 3.55. The number of rotatable bonds is 3. The Morgan fingerprint density at radius 2 is 2.06 bits per heavy atom. The molecule has 1 amide bonds. The lowest BCUT2D eigenvalue weighted by atomic mass is 9.86. The van der Waals surface area contributed by atoms with E-state index >= 15 is 0 Å². The molecule has 1 N–H and O–H groups in total. The average molecular weight is 463 g/mol. The van der Waals surface area contributed by atoms with Crippen LogP contribution in [0.2, 0.25) is 0 Å². The van der Waals surface area contributed by atoms with E-state index in [0.29, 0.717) is 13.2 Å². The number of anilines is 2. The van der Waals surface area contributed by atoms with Crippen molar-refractivity contribution in [3.8, 4) is 0 Å². The van der Waals surface area contributed by atoms with Crippen LogP contribution in [0.15, 0.2) is 36.9 Å². The molecule has 1 aliphatic heterocycles. The molecule has 0 unspecified atom stereocenters. The van der Waals surface area contributed by atoms with E-state index in [-0.39, 0.29) is 23.9 Å². The van der Waals surface area contributed by atoms with Gasteiger partial charge in [-0.3, -0.25) is 4.79 Å². The van der Waals surface area contributed by atoms with Crippen molar-refractivity contribution in [2.75, 3.05) is 18.5 Å². The molecule has 1 fully saturated rings. The summed E-state index contributed by atoms with van der Waals surface area (Å²) in [6.45, 7) is 5.39. The third-order valence-electron chi connectivity index (χ3n) is 6.78. The van der Waals surface area contributed by atoms with Gasteiger partial charge in [0.05, 0.1) is 36.2 Å². The fourth-order valence-corrected chi connectivity index (χ4v) is 6.47. The summed E-state index contributed by atoms with van der Waals surface area (Å²) < 4.78 is 7.45. The van der Waals surface area contributed by atoms with E-state index in [2.05, 4.69) is 40.3 Å². The van der Waals surface area contributed by atoms with Crippen LogP contribution in [-0.2, 0) is 22.4 Å². The molecule has 0 bridgehead atoms. The number of fused-ring (bicyclic) bond motifs is 4. The average Bonchev–Trinajstić information content (AvgIpc) is 3.42. The number of ether oxygens (including phenoxy) is 1. The zero-order valence-electron chi connectivity index (χ0n) is 18.7. The van der Waals surface area contributed by atoms with Gasteiger partial charge in [0.1, 0.15) is 17.0 Å². The number of carbonyl (C=O) groups is 1. The Bertz CT molecular complexity index is 1340. The normalized spacial score (nSPS) is 23.1. The van der Waals surface area contributed by atoms with Gasteiger partial charge in [-0.25, -0.2) is 14.5 Å². The number of morpholine rings is 1. The molecule has 4 aromatic rings. The van der Waals surface area contributed by atoms with Crippen molar-refractivity contribution in [3.63, 3.8) is 0 Å². The minimum Gasteiger partial charge on any atom is -0.377 e. The summed E-state index contributed by atoms with van der Waals surface area (Å²) in [6, 6.07) is 6.27. The maximum Gasteiger partial charge on any atom is 0.226 e. The molecule has 0 spiro atoms. The van der Waals surface area contributed by atoms with E-state index in [1.807, 2.05) is 27.7 Å². The van der Waals surface area contributed by atoms with Crippen LogP contribution in [0.4, 0.5) is 11.5 Å². The molecule has 0 aromatic carbocycles. The molecule has 9 heteroatoms. The summed E-state index contributed by atoms with van der Waals surface area (Å²) >= 11 is 1.70. The summed E-state index contributed by atoms with van der Waals surface area (Å²) in [7, 11) is 0. The molecule has 6 rings (SSSR count). The molecule has 33 heavy (non-hydrogen) atoms. The van der Waals surface area contributed by atoms with Crippen molar-refractivity contribution in [1.29, 1.82) is 0 Å². The SMILES string of the molecule is C[C@@H]1COC[C@@H](C)N1C(=O)[C@H]1CCc2c(sc3ncnc(Nc4ccn5nccc5c4)c23)C1. The number of amides is 1. The van der Waals surface area contributed by atoms with Crippen molar-refractivity contribution >= 4 is 44.5 Å². The quantitative estimate of drug-likeness (QED) is 0.498. The standard InChI is InChI=1S/C24H26N6O2S/c1-14-11-32-12-15(2)30(14)24(31)16-3-4-19-20(9-16)33-23-21(19)22(25-13-26-23)28-17-6-8-29-18(10-17)5-7-27-29/h5-8,10,13-16H,3-4,9,11-12H2,1-2H3,(H,25,26,28)/t14-,15-,16+/m1/s1. The molecule has 170 valence electrons. The molecule has 3 atom stereocenters. The van der Waals surface area contributed by atoms with Crippen LogP contribution in [0.25, 0.3) is 15.7 Å². The summed E-state index contributed by atoms with van der Waals surface area (Å²) in [4.78, 5) is 26.8. The van der Waals surface area contributed by atoms with Gasteiger partial charge >= 0.3 is 0 Å². The van der Waals surface area contributed by atoms with E-state index in [4.69, 9.17) is 4.74 Å². The van der Waals surface area contributed by atoms with Crippen molar-refractivity contribution in [2.45, 2.75) is 45.2 Å². The molecular formula is C24H26N6O2S. The molecule has 1 aliphatic carbocycles. The van der Waals surface area contributed by atoms with Gasteiger partial charge in [-0.15, -0.1) is 11.3 Å². The van der Waals surface area contributed by atoms with E-state index in [9.17, 15) is 4.79 Å². The first-order chi connectivity index (χ1) is 16.1. The molecule has 0 saturated carbocycles. The second-order valence-electron chi connectivity index (χ2n) is 9.07. The predicted octanol–water partition coefficient (Wildman–Crippen LogP) is 3.82. The Morgan fingerprint density at radius 1 is 1.21 bits per heavy atom. The summed E-state index contributed by atoms with van der Waals surface area (Å²) in [5.74, 6) is 1.10. The van der Waals surface area contributed by atoms with E-state index in [1.165, 1.54) is 10.4 Å². The zero-order valence-corrected chi connectivity index (χ0v) is 19.5. The number of thiophene rings is 1. The Hall–Kier alpha value is -3.04. The van der Waals surface area contributed by atoms with Gasteiger partial charge in [0, 0.05) is 28.9 Å². The fourth-order valence-electron chi connectivity index (χ4n) is 5.20. The second-order valence-corrected chi connectivity index (χ2v) is 10.2. The molecule has 2 aliphatic rings. The molecule has 4 aromatic heterocycles. The zero-order chi connectivity index (χ0) is 22.5. The number of hydrogen-bond donors (Lipinski definition) is 1. The number of aromatic nitrogens is 4. The Kier molecular flexibility index (Phi) is 5.03. The van der Waals surface area contributed by atoms with Gasteiger partial charge in [0.25, 0.3) is 0 Å². The highest BCUT2D eigenvalue weighted by atomic mass is 32.1. The minimum atomic E-state index is 0.0159. The maximum absolute atomic E-state index is 13.4. The highest BCUT2D eigenvalue weighted by Gasteiger charge is 2.36. The van der Waals surface area contributed by atoms with Crippen LogP contribution in [0.1, 0.15) is 30.7 Å². The first-order valence-corrected chi connectivity index (χ1v) is 12.3. The lowest BCUT2D eigenvalue weighted by Gasteiger charge is -2.41. The molecule has 5 heterocycles. The Balaban J connectivity index is 1.29. The van der Waals surface area contributed by atoms with Gasteiger partial charge in [0.2, 0.25) is 5.91 Å². The van der Waals surface area contributed by atoms with Crippen molar-refractivity contribution < 1.29 is 9.53 Å². The first-order valence-electron chi connectivity index (χ1n) is 11.4. The lowest BCUT2D eigenvalue weighted by Crippen LogP contribution is -2.54. The van der Waals surface area contributed by atoms with Crippen LogP contribution in [0, 0.1) is 5.92 Å². The van der Waals surface area contributed by atoms with E-state index in [1.54, 1.807) is 23.9 Å². The van der Waals surface area contributed by atoms with E-state index in [0.717, 1.165) is 46.5 Å². The number of nitrogens with zero attached hydrogens (tertiary/aromatic N) is 5. The van der Waals surface area contributed by atoms with Gasteiger partial charge in [0.15, 0.2) is 0 Å². The largest absolute Gasteiger partial charge is 0.377 e. The number of nitrogens with one attached hydrogen (secondary N) is 1. The first kappa shape index (κ1) is 20.6. The summed E-state index contributed by atoms with van der Waals surface area (Å²) in [5.41, 5.74) is 3.27. The predicted molar refractivity (Wildman–Crippen MR) is 128 cm³/mol. The van der Waals surface area contributed by atoms with Crippen molar-refractivity contribution in [3.05, 3.63) is 47.4 Å². The number of aryl methyl sites for hydroxylation is 1. The van der Waals surface area contributed by atoms with Crippen LogP contribution in [-0.4, -0.2) is 55.7 Å². The van der Waals surface area contributed by atoms with Crippen LogP contribution in [0.3, 0.4) is 0 Å². The lowest BCUT2D eigenvalue weighted by molar-refractivity contribution is -0.149. The van der Waals surface area contributed by atoms with Gasteiger partial charge in [-0.05, 0) is 56.9 Å². The maximum atomic E-state index is 13.4. The van der Waals surface area contributed by atoms with Gasteiger partial charge in [-0.1, -0.05) is 0 Å².